The molecule has 0 aliphatic rings. The number of nitrogens with one attached hydrogen (secondary N) is 1. The Morgan fingerprint density at radius 2 is 1.85 bits per heavy atom. The van der Waals surface area contributed by atoms with Gasteiger partial charge in [0.05, 0.1) is 36.8 Å². The lowest BCUT2D eigenvalue weighted by atomic mass is 10.2. The van der Waals surface area contributed by atoms with Crippen LogP contribution in [0.5, 0.6) is 17.2 Å². The molecule has 8 heteroatoms. The average Bonchev–Trinajstić information content (AvgIpc) is 3.08. The van der Waals surface area contributed by atoms with E-state index in [1.54, 1.807) is 43.8 Å². The second-order valence-electron chi connectivity index (χ2n) is 5.48. The van der Waals surface area contributed by atoms with Crippen molar-refractivity contribution in [3.05, 3.63) is 36.4 Å². The molecule has 0 radical (unpaired) electrons. The summed E-state index contributed by atoms with van der Waals surface area (Å²) in [6.45, 7) is 2.58. The molecule has 1 N–H and O–H groups in total. The third kappa shape index (κ3) is 5.05. The zero-order chi connectivity index (χ0) is 19.2. The molecule has 0 spiro atoms. The number of hydrogen-bond donors (Lipinski definition) is 1. The smallest absolute Gasteiger partial charge is 0.234 e. The number of benzene rings is 2. The van der Waals surface area contributed by atoms with E-state index in [4.69, 9.17) is 14.2 Å². The van der Waals surface area contributed by atoms with Gasteiger partial charge in [-0.25, -0.2) is 4.98 Å². The number of fused-ring (bicyclic) bond motifs is 1. The van der Waals surface area contributed by atoms with Gasteiger partial charge in [0.2, 0.25) is 5.91 Å². The number of ether oxygens (including phenoxy) is 3. The third-order valence-corrected chi connectivity index (χ3v) is 5.77. The Labute approximate surface area is 165 Å². The zero-order valence-electron chi connectivity index (χ0n) is 15.3. The largest absolute Gasteiger partial charge is 0.497 e. The molecule has 0 saturated carbocycles. The molecular formula is C19H20N2O4S2. The summed E-state index contributed by atoms with van der Waals surface area (Å²) in [5.41, 5.74) is 1.53. The minimum atomic E-state index is -0.121. The quantitative estimate of drug-likeness (QED) is 0.560. The number of anilines is 1. The van der Waals surface area contributed by atoms with Crippen LogP contribution >= 0.6 is 23.1 Å². The van der Waals surface area contributed by atoms with E-state index in [-0.39, 0.29) is 11.7 Å². The van der Waals surface area contributed by atoms with Crippen molar-refractivity contribution in [1.29, 1.82) is 0 Å². The fraction of sp³-hybridized carbons (Fsp3) is 0.263. The van der Waals surface area contributed by atoms with Gasteiger partial charge in [0.15, 0.2) is 4.34 Å². The first-order valence-corrected chi connectivity index (χ1v) is 10.1. The summed E-state index contributed by atoms with van der Waals surface area (Å²) in [7, 11) is 3.14. The molecule has 1 heterocycles. The summed E-state index contributed by atoms with van der Waals surface area (Å²) < 4.78 is 17.8. The molecule has 142 valence electrons. The van der Waals surface area contributed by atoms with Gasteiger partial charge < -0.3 is 19.5 Å². The highest BCUT2D eigenvalue weighted by Crippen LogP contribution is 2.32. The average molecular weight is 405 g/mol. The molecule has 2 aromatic carbocycles. The first kappa shape index (κ1) is 19.3. The summed E-state index contributed by atoms with van der Waals surface area (Å²) in [4.78, 5) is 16.8. The van der Waals surface area contributed by atoms with E-state index in [0.29, 0.717) is 23.8 Å². The van der Waals surface area contributed by atoms with Gasteiger partial charge >= 0.3 is 0 Å². The Hall–Kier alpha value is -2.45. The fourth-order valence-corrected chi connectivity index (χ4v) is 4.30. The van der Waals surface area contributed by atoms with Crippen molar-refractivity contribution in [2.45, 2.75) is 11.3 Å². The Kier molecular flexibility index (Phi) is 6.41. The number of carbonyl (C=O) groups excluding carboxylic acids is 1. The lowest BCUT2D eigenvalue weighted by Gasteiger charge is -2.09. The second kappa shape index (κ2) is 8.96. The molecule has 6 nitrogen and oxygen atoms in total. The molecule has 0 atom stereocenters. The van der Waals surface area contributed by atoms with Gasteiger partial charge in [0.1, 0.15) is 17.2 Å². The lowest BCUT2D eigenvalue weighted by molar-refractivity contribution is -0.113. The maximum absolute atomic E-state index is 12.3. The van der Waals surface area contributed by atoms with Gasteiger partial charge in [0, 0.05) is 23.9 Å². The van der Waals surface area contributed by atoms with Crippen molar-refractivity contribution in [2.75, 3.05) is 31.9 Å². The highest BCUT2D eigenvalue weighted by molar-refractivity contribution is 8.01. The summed E-state index contributed by atoms with van der Waals surface area (Å²) in [5.74, 6) is 2.21. The van der Waals surface area contributed by atoms with Gasteiger partial charge in [-0.1, -0.05) is 11.8 Å². The number of nitrogens with zero attached hydrogens (tertiary/aromatic N) is 1. The number of amides is 1. The van der Waals surface area contributed by atoms with Crippen LogP contribution in [-0.4, -0.2) is 37.5 Å². The van der Waals surface area contributed by atoms with E-state index in [1.165, 1.54) is 11.8 Å². The second-order valence-corrected chi connectivity index (χ2v) is 7.73. The first-order valence-electron chi connectivity index (χ1n) is 8.30. The van der Waals surface area contributed by atoms with Crippen LogP contribution in [0, 0.1) is 0 Å². The zero-order valence-corrected chi connectivity index (χ0v) is 16.9. The van der Waals surface area contributed by atoms with Crippen molar-refractivity contribution < 1.29 is 19.0 Å². The minimum absolute atomic E-state index is 0.121. The SMILES string of the molecule is CCOc1ccc2nc(SCC(=O)Nc3cc(OC)cc(OC)c3)sc2c1. The molecule has 1 aromatic heterocycles. The van der Waals surface area contributed by atoms with Gasteiger partial charge in [-0.2, -0.15) is 0 Å². The monoisotopic (exact) mass is 404 g/mol. The summed E-state index contributed by atoms with van der Waals surface area (Å²) in [6, 6.07) is 11.1. The Bertz CT molecular complexity index is 920. The van der Waals surface area contributed by atoms with Crippen LogP contribution in [0.3, 0.4) is 0 Å². The summed E-state index contributed by atoms with van der Waals surface area (Å²) >= 11 is 2.95. The Balaban J connectivity index is 1.63. The number of rotatable bonds is 8. The van der Waals surface area contributed by atoms with Crippen molar-refractivity contribution in [2.24, 2.45) is 0 Å². The topological polar surface area (TPSA) is 69.7 Å². The first-order chi connectivity index (χ1) is 13.1. The molecule has 0 bridgehead atoms. The molecule has 3 aromatic rings. The third-order valence-electron chi connectivity index (χ3n) is 3.61. The molecule has 0 aliphatic carbocycles. The highest BCUT2D eigenvalue weighted by Gasteiger charge is 2.10. The van der Waals surface area contributed by atoms with E-state index < -0.39 is 0 Å². The van der Waals surface area contributed by atoms with Gasteiger partial charge in [-0.05, 0) is 25.1 Å². The maximum Gasteiger partial charge on any atom is 0.234 e. The van der Waals surface area contributed by atoms with Crippen LogP contribution in [-0.2, 0) is 4.79 Å². The van der Waals surface area contributed by atoms with E-state index in [0.717, 1.165) is 20.3 Å². The molecule has 0 unspecified atom stereocenters. The molecule has 0 saturated heterocycles. The number of aromatic nitrogens is 1. The van der Waals surface area contributed by atoms with Gasteiger partial charge in [-0.15, -0.1) is 11.3 Å². The highest BCUT2D eigenvalue weighted by atomic mass is 32.2. The number of thiazole rings is 1. The standard InChI is InChI=1S/C19H20N2O4S2/c1-4-25-13-5-6-16-17(10-13)27-19(21-16)26-11-18(22)20-12-7-14(23-2)9-15(8-12)24-3/h5-10H,4,11H2,1-3H3,(H,20,22). The van der Waals surface area contributed by atoms with Crippen molar-refractivity contribution in [3.8, 4) is 17.2 Å². The van der Waals surface area contributed by atoms with Crippen molar-refractivity contribution in [1.82, 2.24) is 4.98 Å². The van der Waals surface area contributed by atoms with Crippen LogP contribution in [0.2, 0.25) is 0 Å². The number of hydrogen-bond acceptors (Lipinski definition) is 7. The summed E-state index contributed by atoms with van der Waals surface area (Å²) in [5, 5.41) is 2.86. The molecule has 3 rings (SSSR count). The van der Waals surface area contributed by atoms with Crippen LogP contribution in [0.1, 0.15) is 6.92 Å². The van der Waals surface area contributed by atoms with Gasteiger partial charge in [0.25, 0.3) is 0 Å². The molecule has 1 amide bonds. The molecular weight excluding hydrogens is 384 g/mol. The van der Waals surface area contributed by atoms with Crippen LogP contribution in [0.15, 0.2) is 40.7 Å². The number of methoxy groups -OCH3 is 2. The van der Waals surface area contributed by atoms with E-state index in [1.807, 2.05) is 25.1 Å². The minimum Gasteiger partial charge on any atom is -0.497 e. The summed E-state index contributed by atoms with van der Waals surface area (Å²) in [6.07, 6.45) is 0. The van der Waals surface area contributed by atoms with Crippen molar-refractivity contribution in [3.63, 3.8) is 0 Å². The van der Waals surface area contributed by atoms with Crippen LogP contribution in [0.25, 0.3) is 10.2 Å². The van der Waals surface area contributed by atoms with E-state index >= 15 is 0 Å². The van der Waals surface area contributed by atoms with Crippen LogP contribution < -0.4 is 19.5 Å². The predicted molar refractivity (Wildman–Crippen MR) is 110 cm³/mol. The fourth-order valence-electron chi connectivity index (χ4n) is 2.41. The van der Waals surface area contributed by atoms with Crippen molar-refractivity contribution >= 4 is 44.9 Å². The Morgan fingerprint density at radius 3 is 2.52 bits per heavy atom. The van der Waals surface area contributed by atoms with E-state index in [2.05, 4.69) is 10.3 Å². The predicted octanol–water partition coefficient (Wildman–Crippen LogP) is 4.44. The van der Waals surface area contributed by atoms with E-state index in [9.17, 15) is 4.79 Å². The molecule has 0 fully saturated rings. The number of carbonyl (C=O) groups is 1. The van der Waals surface area contributed by atoms with Crippen LogP contribution in [0.4, 0.5) is 5.69 Å². The molecule has 27 heavy (non-hydrogen) atoms. The molecule has 0 aliphatic heterocycles. The lowest BCUT2D eigenvalue weighted by Crippen LogP contribution is -2.14. The number of thioether (sulfide) groups is 1. The normalized spacial score (nSPS) is 10.6. The van der Waals surface area contributed by atoms with Gasteiger partial charge in [-0.3, -0.25) is 4.79 Å². The maximum atomic E-state index is 12.3. The Morgan fingerprint density at radius 1 is 1.11 bits per heavy atom.